The molecule has 0 atom stereocenters. The van der Waals surface area contributed by atoms with E-state index in [1.165, 1.54) is 11.1 Å². The van der Waals surface area contributed by atoms with Gasteiger partial charge in [-0.25, -0.2) is 23.5 Å². The van der Waals surface area contributed by atoms with E-state index >= 15 is 0 Å². The molecule has 0 saturated heterocycles. The summed E-state index contributed by atoms with van der Waals surface area (Å²) in [5, 5.41) is 9.23. The quantitative estimate of drug-likeness (QED) is 0.801. The van der Waals surface area contributed by atoms with Gasteiger partial charge in [-0.05, 0) is 33.6 Å². The molecule has 126 valence electrons. The van der Waals surface area contributed by atoms with Crippen molar-refractivity contribution in [1.82, 2.24) is 4.98 Å². The van der Waals surface area contributed by atoms with E-state index in [0.717, 1.165) is 11.3 Å². The smallest absolute Gasteiger partial charge is 0.416 e. The lowest BCUT2D eigenvalue weighted by Gasteiger charge is -2.36. The first-order chi connectivity index (χ1) is 10.6. The van der Waals surface area contributed by atoms with Gasteiger partial charge in [0.1, 0.15) is 16.5 Å². The van der Waals surface area contributed by atoms with Crippen molar-refractivity contribution in [3.8, 4) is 6.07 Å². The van der Waals surface area contributed by atoms with E-state index in [0.29, 0.717) is 10.0 Å². The van der Waals surface area contributed by atoms with E-state index in [2.05, 4.69) is 4.98 Å². The molecule has 1 fully saturated rings. The van der Waals surface area contributed by atoms with Crippen molar-refractivity contribution < 1.29 is 18.3 Å². The Bertz CT molecular complexity index is 609. The predicted molar refractivity (Wildman–Crippen MR) is 82.7 cm³/mol. The van der Waals surface area contributed by atoms with Crippen LogP contribution in [0.2, 0.25) is 0 Å². The van der Waals surface area contributed by atoms with Gasteiger partial charge in [0.15, 0.2) is 5.13 Å². The maximum absolute atomic E-state index is 13.4. The molecule has 1 aromatic heterocycles. The fourth-order valence-corrected chi connectivity index (χ4v) is 3.18. The van der Waals surface area contributed by atoms with Crippen LogP contribution in [0.1, 0.15) is 51.3 Å². The Morgan fingerprint density at radius 3 is 2.57 bits per heavy atom. The zero-order chi connectivity index (χ0) is 17.3. The summed E-state index contributed by atoms with van der Waals surface area (Å²) >= 11 is 1.05. The number of anilines is 1. The minimum Gasteiger partial charge on any atom is -0.443 e. The minimum atomic E-state index is -2.68. The Labute approximate surface area is 137 Å². The van der Waals surface area contributed by atoms with Crippen LogP contribution in [0.15, 0.2) is 6.20 Å². The highest BCUT2D eigenvalue weighted by Gasteiger charge is 2.40. The number of alkyl halides is 2. The molecular weight excluding hydrogens is 324 g/mol. The summed E-state index contributed by atoms with van der Waals surface area (Å²) in [6.45, 7) is 5.21. The van der Waals surface area contributed by atoms with Gasteiger partial charge in [-0.1, -0.05) is 11.3 Å². The first-order valence-corrected chi connectivity index (χ1v) is 8.19. The van der Waals surface area contributed by atoms with Crippen LogP contribution in [-0.4, -0.2) is 28.6 Å². The van der Waals surface area contributed by atoms with Crippen LogP contribution in [0.5, 0.6) is 0 Å². The summed E-state index contributed by atoms with van der Waals surface area (Å²) < 4.78 is 32.2. The van der Waals surface area contributed by atoms with Gasteiger partial charge in [0, 0.05) is 18.9 Å². The Hall–Kier alpha value is -1.75. The maximum atomic E-state index is 13.4. The molecule has 0 aromatic carbocycles. The van der Waals surface area contributed by atoms with E-state index < -0.39 is 23.7 Å². The molecule has 2 rings (SSSR count). The van der Waals surface area contributed by atoms with Gasteiger partial charge in [0.05, 0.1) is 6.20 Å². The Kier molecular flexibility index (Phi) is 4.90. The SMILES string of the molecule is CC(C)(C)OC(=O)N(c1ncc(C#N)s1)C1CCC(F)(F)CC1. The third-order valence-corrected chi connectivity index (χ3v) is 4.35. The number of carbonyl (C=O) groups is 1. The fourth-order valence-electron chi connectivity index (χ4n) is 2.41. The summed E-state index contributed by atoms with van der Waals surface area (Å²) in [5.74, 6) is -2.68. The highest BCUT2D eigenvalue weighted by atomic mass is 32.1. The molecule has 0 spiro atoms. The summed E-state index contributed by atoms with van der Waals surface area (Å²) in [6.07, 6.45) is 0.559. The molecule has 1 saturated carbocycles. The molecule has 8 heteroatoms. The monoisotopic (exact) mass is 343 g/mol. The number of nitrogens with zero attached hydrogens (tertiary/aromatic N) is 3. The number of halogens is 2. The van der Waals surface area contributed by atoms with Crippen LogP contribution in [0.3, 0.4) is 0 Å². The van der Waals surface area contributed by atoms with Crippen LogP contribution in [-0.2, 0) is 4.74 Å². The molecule has 23 heavy (non-hydrogen) atoms. The summed E-state index contributed by atoms with van der Waals surface area (Å²) in [6, 6.07) is 1.56. The zero-order valence-corrected chi connectivity index (χ0v) is 14.1. The Morgan fingerprint density at radius 2 is 2.09 bits per heavy atom. The zero-order valence-electron chi connectivity index (χ0n) is 13.3. The van der Waals surface area contributed by atoms with Gasteiger partial charge < -0.3 is 4.74 Å². The highest BCUT2D eigenvalue weighted by molar-refractivity contribution is 7.16. The maximum Gasteiger partial charge on any atom is 0.416 e. The topological polar surface area (TPSA) is 66.2 Å². The van der Waals surface area contributed by atoms with Gasteiger partial charge in [-0.15, -0.1) is 0 Å². The van der Waals surface area contributed by atoms with E-state index in [4.69, 9.17) is 10.00 Å². The number of hydrogen-bond donors (Lipinski definition) is 0. The number of ether oxygens (including phenoxy) is 1. The number of aromatic nitrogens is 1. The average molecular weight is 343 g/mol. The number of thiazole rings is 1. The van der Waals surface area contributed by atoms with Crippen LogP contribution < -0.4 is 4.90 Å². The molecule has 0 aliphatic heterocycles. The number of carbonyl (C=O) groups excluding carboxylic acids is 1. The molecule has 1 aromatic rings. The Morgan fingerprint density at radius 1 is 1.48 bits per heavy atom. The summed E-state index contributed by atoms with van der Waals surface area (Å²) in [4.78, 5) is 18.3. The first kappa shape index (κ1) is 17.6. The van der Waals surface area contributed by atoms with E-state index in [1.54, 1.807) is 20.8 Å². The molecule has 1 heterocycles. The molecule has 0 N–H and O–H groups in total. The van der Waals surface area contributed by atoms with Crippen LogP contribution >= 0.6 is 11.3 Å². The Balaban J connectivity index is 2.25. The average Bonchev–Trinajstić information content (AvgIpc) is 2.87. The van der Waals surface area contributed by atoms with Crippen molar-refractivity contribution >= 4 is 22.6 Å². The van der Waals surface area contributed by atoms with E-state index in [1.807, 2.05) is 6.07 Å². The van der Waals surface area contributed by atoms with Crippen molar-refractivity contribution in [3.05, 3.63) is 11.1 Å². The molecule has 0 bridgehead atoms. The second kappa shape index (κ2) is 6.40. The number of rotatable bonds is 2. The summed E-state index contributed by atoms with van der Waals surface area (Å²) in [5.41, 5.74) is -0.705. The first-order valence-electron chi connectivity index (χ1n) is 7.37. The normalized spacial score (nSPS) is 18.3. The van der Waals surface area contributed by atoms with Crippen LogP contribution in [0.4, 0.5) is 18.7 Å². The minimum absolute atomic E-state index is 0.174. The van der Waals surface area contributed by atoms with Crippen molar-refractivity contribution in [2.45, 2.75) is 64.0 Å². The molecule has 5 nitrogen and oxygen atoms in total. The molecule has 1 aliphatic carbocycles. The summed E-state index contributed by atoms with van der Waals surface area (Å²) in [7, 11) is 0. The van der Waals surface area contributed by atoms with Crippen molar-refractivity contribution in [2.75, 3.05) is 4.90 Å². The molecular formula is C15H19F2N3O2S. The van der Waals surface area contributed by atoms with Gasteiger partial charge in [0.25, 0.3) is 0 Å². The van der Waals surface area contributed by atoms with Crippen LogP contribution in [0.25, 0.3) is 0 Å². The van der Waals surface area contributed by atoms with Gasteiger partial charge in [-0.3, -0.25) is 0 Å². The van der Waals surface area contributed by atoms with Gasteiger partial charge >= 0.3 is 6.09 Å². The standard InChI is InChI=1S/C15H19F2N3O2S/c1-14(2,3)22-13(21)20(12-19-9-11(8-18)23-12)10-4-6-15(16,17)7-5-10/h9-10H,4-7H2,1-3H3. The van der Waals surface area contributed by atoms with Gasteiger partial charge in [-0.2, -0.15) is 5.26 Å². The largest absolute Gasteiger partial charge is 0.443 e. The third-order valence-electron chi connectivity index (χ3n) is 3.45. The van der Waals surface area contributed by atoms with Crippen LogP contribution in [0, 0.1) is 11.3 Å². The number of nitriles is 1. The number of hydrogen-bond acceptors (Lipinski definition) is 5. The lowest BCUT2D eigenvalue weighted by Crippen LogP contribution is -2.46. The molecule has 1 amide bonds. The van der Waals surface area contributed by atoms with Gasteiger partial charge in [0.2, 0.25) is 5.92 Å². The highest BCUT2D eigenvalue weighted by Crippen LogP contribution is 2.38. The molecule has 0 radical (unpaired) electrons. The molecule has 0 unspecified atom stereocenters. The second-order valence-corrected chi connectivity index (χ2v) is 7.57. The van der Waals surface area contributed by atoms with E-state index in [9.17, 15) is 13.6 Å². The second-order valence-electron chi connectivity index (χ2n) is 6.56. The van der Waals surface area contributed by atoms with Crippen molar-refractivity contribution in [1.29, 1.82) is 5.26 Å². The molecule has 1 aliphatic rings. The predicted octanol–water partition coefficient (Wildman–Crippen LogP) is 4.33. The lowest BCUT2D eigenvalue weighted by atomic mass is 9.91. The van der Waals surface area contributed by atoms with E-state index in [-0.39, 0.29) is 25.7 Å². The lowest BCUT2D eigenvalue weighted by molar-refractivity contribution is -0.0388. The van der Waals surface area contributed by atoms with Crippen molar-refractivity contribution in [2.24, 2.45) is 0 Å². The third kappa shape index (κ3) is 4.61. The fraction of sp³-hybridized carbons (Fsp3) is 0.667. The van der Waals surface area contributed by atoms with Crippen molar-refractivity contribution in [3.63, 3.8) is 0 Å². The number of amides is 1.